The third-order valence-electron chi connectivity index (χ3n) is 2.12. The molecule has 4 nitrogen and oxygen atoms in total. The molecule has 1 rings (SSSR count). The molecule has 0 aromatic heterocycles. The van der Waals surface area contributed by atoms with Gasteiger partial charge in [0.2, 0.25) is 0 Å². The molecule has 0 aliphatic rings. The van der Waals surface area contributed by atoms with Gasteiger partial charge in [-0.1, -0.05) is 44.0 Å². The Balaban J connectivity index is 3.23. The molecule has 0 fully saturated rings. The van der Waals surface area contributed by atoms with Crippen molar-refractivity contribution in [2.45, 2.75) is 9.22 Å². The van der Waals surface area contributed by atoms with Gasteiger partial charge < -0.3 is 5.11 Å². The highest BCUT2D eigenvalue weighted by Gasteiger charge is 2.36. The van der Waals surface area contributed by atoms with Crippen LogP contribution in [-0.4, -0.2) is 24.8 Å². The van der Waals surface area contributed by atoms with Gasteiger partial charge in [0.15, 0.2) is 4.32 Å². The van der Waals surface area contributed by atoms with E-state index in [1.807, 2.05) is 0 Å². The average molecular weight is 406 g/mol. The first-order valence-electron chi connectivity index (χ1n) is 4.25. The molecule has 1 unspecified atom stereocenters. The Kier molecular flexibility index (Phi) is 4.62. The van der Waals surface area contributed by atoms with E-state index in [1.54, 1.807) is 0 Å². The van der Waals surface area contributed by atoms with Crippen molar-refractivity contribution in [2.75, 3.05) is 5.33 Å². The molecule has 0 radical (unpaired) electrons. The van der Waals surface area contributed by atoms with Crippen LogP contribution in [-0.2, 0) is 18.2 Å². The van der Waals surface area contributed by atoms with Gasteiger partial charge in [0.05, 0.1) is 4.90 Å². The van der Waals surface area contributed by atoms with Crippen molar-refractivity contribution in [3.8, 4) is 0 Å². The Morgan fingerprint density at radius 2 is 1.82 bits per heavy atom. The molecule has 17 heavy (non-hydrogen) atoms. The Morgan fingerprint density at radius 3 is 2.12 bits per heavy atom. The summed E-state index contributed by atoms with van der Waals surface area (Å²) in [6.45, 7) is 0. The molecule has 0 aliphatic carbocycles. The maximum atomic E-state index is 11.1. The number of alkyl halides is 2. The molecule has 0 amide bonds. The zero-order valence-corrected chi connectivity index (χ0v) is 13.0. The first-order valence-corrected chi connectivity index (χ1v) is 8.47. The second-order valence-electron chi connectivity index (χ2n) is 3.20. The van der Waals surface area contributed by atoms with E-state index in [1.165, 1.54) is 24.3 Å². The van der Waals surface area contributed by atoms with Gasteiger partial charge in [-0.3, -0.25) is 4.79 Å². The van der Waals surface area contributed by atoms with Crippen LogP contribution in [0, 0.1) is 0 Å². The molecule has 0 saturated heterocycles. The number of carboxylic acids is 1. The van der Waals surface area contributed by atoms with Crippen LogP contribution < -0.4 is 0 Å². The third-order valence-corrected chi connectivity index (χ3v) is 6.16. The van der Waals surface area contributed by atoms with Crippen molar-refractivity contribution in [2.24, 2.45) is 0 Å². The van der Waals surface area contributed by atoms with Crippen molar-refractivity contribution in [1.82, 2.24) is 0 Å². The highest BCUT2D eigenvalue weighted by atomic mass is 79.9. The lowest BCUT2D eigenvalue weighted by Crippen LogP contribution is -2.30. The number of halogens is 3. The van der Waals surface area contributed by atoms with E-state index in [0.717, 1.165) is 0 Å². The predicted molar refractivity (Wildman–Crippen MR) is 71.5 cm³/mol. The zero-order chi connectivity index (χ0) is 13.3. The largest absolute Gasteiger partial charge is 0.480 e. The summed E-state index contributed by atoms with van der Waals surface area (Å²) in [6.07, 6.45) is 0. The van der Waals surface area contributed by atoms with Crippen molar-refractivity contribution < 1.29 is 18.3 Å². The van der Waals surface area contributed by atoms with E-state index in [4.69, 9.17) is 15.8 Å². The first kappa shape index (κ1) is 14.9. The third kappa shape index (κ3) is 3.21. The predicted octanol–water partition coefficient (Wildman–Crippen LogP) is 2.68. The summed E-state index contributed by atoms with van der Waals surface area (Å²) < 4.78 is 20.8. The fourth-order valence-electron chi connectivity index (χ4n) is 1.14. The van der Waals surface area contributed by atoms with Crippen molar-refractivity contribution >= 4 is 57.6 Å². The molecule has 0 spiro atoms. The smallest absolute Gasteiger partial charge is 0.325 e. The van der Waals surface area contributed by atoms with Crippen LogP contribution in [0.2, 0.25) is 0 Å². The minimum absolute atomic E-state index is 0.0715. The lowest BCUT2D eigenvalue weighted by Gasteiger charge is -2.20. The number of rotatable bonds is 4. The number of hydrogen-bond donors (Lipinski definition) is 1. The molecule has 0 bridgehead atoms. The van der Waals surface area contributed by atoms with Gasteiger partial charge in [0.1, 0.15) is 0 Å². The van der Waals surface area contributed by atoms with Gasteiger partial charge in [0, 0.05) is 16.0 Å². The summed E-state index contributed by atoms with van der Waals surface area (Å²) in [7, 11) is 1.36. The number of aliphatic carboxylic acids is 1. The summed E-state index contributed by atoms with van der Waals surface area (Å²) in [5.74, 6) is -1.07. The summed E-state index contributed by atoms with van der Waals surface area (Å²) in [4.78, 5) is 11.0. The Labute approximate surface area is 120 Å². The summed E-state index contributed by atoms with van der Waals surface area (Å²) in [5.41, 5.74) is 0.422. The molecule has 1 N–H and O–H groups in total. The molecular formula is C9H7Br2ClO4S. The Morgan fingerprint density at radius 1 is 1.35 bits per heavy atom. The van der Waals surface area contributed by atoms with Gasteiger partial charge in [-0.15, -0.1) is 0 Å². The number of carbonyl (C=O) groups is 1. The van der Waals surface area contributed by atoms with E-state index in [2.05, 4.69) is 31.9 Å². The highest BCUT2D eigenvalue weighted by Crippen LogP contribution is 2.34. The zero-order valence-electron chi connectivity index (χ0n) is 8.23. The van der Waals surface area contributed by atoms with Crippen LogP contribution >= 0.6 is 42.5 Å². The highest BCUT2D eigenvalue weighted by molar-refractivity contribution is 9.12. The monoisotopic (exact) mass is 404 g/mol. The number of benzene rings is 1. The molecule has 1 aromatic carbocycles. The van der Waals surface area contributed by atoms with Crippen LogP contribution in [0.15, 0.2) is 29.2 Å². The van der Waals surface area contributed by atoms with Crippen molar-refractivity contribution in [3.63, 3.8) is 0 Å². The first-order chi connectivity index (χ1) is 7.71. The maximum absolute atomic E-state index is 11.1. The van der Waals surface area contributed by atoms with Gasteiger partial charge in [-0.2, -0.15) is 0 Å². The normalized spacial score (nSPS) is 15.2. The Bertz CT molecular complexity index is 528. The van der Waals surface area contributed by atoms with Gasteiger partial charge in [-0.05, 0) is 17.7 Å². The topological polar surface area (TPSA) is 71.4 Å². The van der Waals surface area contributed by atoms with Gasteiger partial charge in [-0.25, -0.2) is 8.42 Å². The van der Waals surface area contributed by atoms with Crippen LogP contribution in [0.3, 0.4) is 0 Å². The molecule has 8 heteroatoms. The number of carboxylic acid groups (broad SMARTS) is 1. The summed E-state index contributed by atoms with van der Waals surface area (Å²) >= 11 is 6.20. The summed E-state index contributed by atoms with van der Waals surface area (Å²) in [5, 5.41) is 9.24. The van der Waals surface area contributed by atoms with E-state index in [-0.39, 0.29) is 10.2 Å². The maximum Gasteiger partial charge on any atom is 0.325 e. The SMILES string of the molecule is O=C(O)C(Br)(CBr)c1ccc(S(=O)(=O)Cl)cc1. The quantitative estimate of drug-likeness (QED) is 0.617. The minimum atomic E-state index is -3.79. The molecule has 1 atom stereocenters. The standard InChI is InChI=1S/C9H7Br2ClO4S/c10-5-9(11,8(13)14)6-1-3-7(4-2-6)17(12,15)16/h1-4H,5H2,(H,13,14). The van der Waals surface area contributed by atoms with Crippen LogP contribution in [0.25, 0.3) is 0 Å². The lowest BCUT2D eigenvalue weighted by atomic mass is 10.0. The second-order valence-corrected chi connectivity index (χ2v) is 7.68. The van der Waals surface area contributed by atoms with Crippen LogP contribution in [0.1, 0.15) is 5.56 Å². The Hall–Kier alpha value is -0.110. The van der Waals surface area contributed by atoms with Crippen molar-refractivity contribution in [3.05, 3.63) is 29.8 Å². The van der Waals surface area contributed by atoms with E-state index in [9.17, 15) is 13.2 Å². The van der Waals surface area contributed by atoms with Gasteiger partial charge >= 0.3 is 5.97 Å². The van der Waals surface area contributed by atoms with Crippen molar-refractivity contribution in [1.29, 1.82) is 0 Å². The molecule has 1 aromatic rings. The molecule has 0 heterocycles. The lowest BCUT2D eigenvalue weighted by molar-refractivity contribution is -0.139. The van der Waals surface area contributed by atoms with E-state index in [0.29, 0.717) is 5.56 Å². The average Bonchev–Trinajstić information content (AvgIpc) is 2.26. The second kappa shape index (κ2) is 5.26. The minimum Gasteiger partial charge on any atom is -0.480 e. The van der Waals surface area contributed by atoms with Crippen LogP contribution in [0.4, 0.5) is 0 Å². The number of hydrogen-bond acceptors (Lipinski definition) is 3. The van der Waals surface area contributed by atoms with E-state index < -0.39 is 19.3 Å². The fraction of sp³-hybridized carbons (Fsp3) is 0.222. The van der Waals surface area contributed by atoms with Crippen LogP contribution in [0.5, 0.6) is 0 Å². The van der Waals surface area contributed by atoms with E-state index >= 15 is 0 Å². The summed E-state index contributed by atoms with van der Waals surface area (Å²) in [6, 6.07) is 5.33. The molecule has 0 saturated carbocycles. The molecular weight excluding hydrogens is 399 g/mol. The molecule has 0 aliphatic heterocycles. The fourth-order valence-corrected chi connectivity index (χ4v) is 2.74. The molecule has 94 valence electrons. The van der Waals surface area contributed by atoms with Gasteiger partial charge in [0.25, 0.3) is 9.05 Å².